The summed E-state index contributed by atoms with van der Waals surface area (Å²) in [5, 5.41) is 0. The molecule has 0 atom stereocenters. The molecule has 1 aromatic rings. The maximum atomic E-state index is 12.9. The van der Waals surface area contributed by atoms with E-state index in [1.54, 1.807) is 13.0 Å². The summed E-state index contributed by atoms with van der Waals surface area (Å²) in [6.07, 6.45) is 0.174. The fourth-order valence-electron chi connectivity index (χ4n) is 1.04. The van der Waals surface area contributed by atoms with Crippen molar-refractivity contribution in [3.05, 3.63) is 29.6 Å². The average molecular weight is 212 g/mol. The van der Waals surface area contributed by atoms with E-state index in [4.69, 9.17) is 10.6 Å². The Morgan fingerprint density at radius 2 is 2.33 bits per heavy atom. The Balaban J connectivity index is 2.44. The first kappa shape index (κ1) is 11.5. The molecule has 1 rings (SSSR count). The lowest BCUT2D eigenvalue weighted by molar-refractivity contribution is -0.121. The van der Waals surface area contributed by atoms with E-state index in [9.17, 15) is 9.18 Å². The van der Waals surface area contributed by atoms with Crippen LogP contribution < -0.4 is 16.0 Å². The minimum atomic E-state index is -0.297. The molecule has 0 aliphatic rings. The molecule has 0 heterocycles. The Bertz CT molecular complexity index is 355. The third-order valence-corrected chi connectivity index (χ3v) is 1.89. The Morgan fingerprint density at radius 3 is 2.93 bits per heavy atom. The van der Waals surface area contributed by atoms with Gasteiger partial charge in [-0.1, -0.05) is 0 Å². The van der Waals surface area contributed by atoms with E-state index in [0.717, 1.165) is 0 Å². The number of ether oxygens (including phenoxy) is 1. The van der Waals surface area contributed by atoms with Crippen LogP contribution in [0, 0.1) is 12.7 Å². The molecular formula is C10H13FN2O2. The first-order valence-corrected chi connectivity index (χ1v) is 4.52. The highest BCUT2D eigenvalue weighted by atomic mass is 19.1. The van der Waals surface area contributed by atoms with Crippen LogP contribution in [0.25, 0.3) is 0 Å². The Morgan fingerprint density at radius 1 is 1.60 bits per heavy atom. The van der Waals surface area contributed by atoms with Crippen LogP contribution in [-0.4, -0.2) is 12.5 Å². The van der Waals surface area contributed by atoms with Gasteiger partial charge in [-0.2, -0.15) is 0 Å². The van der Waals surface area contributed by atoms with Gasteiger partial charge < -0.3 is 4.74 Å². The number of nitrogens with one attached hydrogen (secondary N) is 1. The smallest absolute Gasteiger partial charge is 0.237 e. The second-order valence-corrected chi connectivity index (χ2v) is 3.08. The van der Waals surface area contributed by atoms with E-state index in [-0.39, 0.29) is 24.8 Å². The predicted molar refractivity (Wildman–Crippen MR) is 53.6 cm³/mol. The first-order chi connectivity index (χ1) is 7.13. The molecule has 0 fully saturated rings. The monoisotopic (exact) mass is 212 g/mol. The zero-order valence-electron chi connectivity index (χ0n) is 8.42. The van der Waals surface area contributed by atoms with Crippen molar-refractivity contribution >= 4 is 5.91 Å². The molecule has 0 unspecified atom stereocenters. The second kappa shape index (κ2) is 5.31. The van der Waals surface area contributed by atoms with Crippen molar-refractivity contribution in [3.63, 3.8) is 0 Å². The van der Waals surface area contributed by atoms with E-state index < -0.39 is 0 Å². The highest BCUT2D eigenvalue weighted by Crippen LogP contribution is 2.15. The lowest BCUT2D eigenvalue weighted by Gasteiger charge is -2.06. The number of hydrazine groups is 1. The van der Waals surface area contributed by atoms with Gasteiger partial charge >= 0.3 is 0 Å². The zero-order valence-corrected chi connectivity index (χ0v) is 8.42. The molecule has 15 heavy (non-hydrogen) atoms. The molecule has 0 aliphatic carbocycles. The summed E-state index contributed by atoms with van der Waals surface area (Å²) in [5.74, 6) is 4.86. The number of hydrogen-bond acceptors (Lipinski definition) is 3. The number of rotatable bonds is 4. The van der Waals surface area contributed by atoms with Crippen molar-refractivity contribution in [3.8, 4) is 5.75 Å². The van der Waals surface area contributed by atoms with E-state index >= 15 is 0 Å². The lowest BCUT2D eigenvalue weighted by Crippen LogP contribution is -2.31. The summed E-state index contributed by atoms with van der Waals surface area (Å²) in [7, 11) is 0. The number of carbonyl (C=O) groups excluding carboxylic acids is 1. The zero-order chi connectivity index (χ0) is 11.3. The van der Waals surface area contributed by atoms with Gasteiger partial charge in [0.2, 0.25) is 5.91 Å². The molecule has 82 valence electrons. The van der Waals surface area contributed by atoms with Crippen molar-refractivity contribution in [1.82, 2.24) is 5.43 Å². The minimum Gasteiger partial charge on any atom is -0.493 e. The van der Waals surface area contributed by atoms with E-state index in [2.05, 4.69) is 0 Å². The predicted octanol–water partition coefficient (Wildman–Crippen LogP) is 0.893. The fourth-order valence-corrected chi connectivity index (χ4v) is 1.04. The summed E-state index contributed by atoms with van der Waals surface area (Å²) in [6.45, 7) is 1.86. The highest BCUT2D eigenvalue weighted by molar-refractivity contribution is 5.75. The molecule has 0 saturated carbocycles. The molecule has 5 heteroatoms. The van der Waals surface area contributed by atoms with E-state index in [1.807, 2.05) is 5.43 Å². The Kier molecular flexibility index (Phi) is 4.05. The van der Waals surface area contributed by atoms with Crippen LogP contribution >= 0.6 is 0 Å². The van der Waals surface area contributed by atoms with Crippen molar-refractivity contribution in [2.75, 3.05) is 6.61 Å². The molecular weight excluding hydrogens is 199 g/mol. The fraction of sp³-hybridized carbons (Fsp3) is 0.300. The van der Waals surface area contributed by atoms with Gasteiger partial charge in [-0.3, -0.25) is 10.2 Å². The quantitative estimate of drug-likeness (QED) is 0.442. The van der Waals surface area contributed by atoms with Gasteiger partial charge in [0.05, 0.1) is 13.0 Å². The van der Waals surface area contributed by atoms with E-state index in [1.165, 1.54) is 12.1 Å². The highest BCUT2D eigenvalue weighted by Gasteiger charge is 2.01. The van der Waals surface area contributed by atoms with Crippen LogP contribution in [0.2, 0.25) is 0 Å². The van der Waals surface area contributed by atoms with Crippen LogP contribution in [0.1, 0.15) is 12.0 Å². The van der Waals surface area contributed by atoms with Gasteiger partial charge in [0.25, 0.3) is 0 Å². The Hall–Kier alpha value is -1.62. The molecule has 3 N–H and O–H groups in total. The molecule has 0 saturated heterocycles. The van der Waals surface area contributed by atoms with Crippen molar-refractivity contribution in [2.24, 2.45) is 5.84 Å². The molecule has 0 radical (unpaired) electrons. The molecule has 0 aliphatic heterocycles. The van der Waals surface area contributed by atoms with Gasteiger partial charge in [0.15, 0.2) is 0 Å². The van der Waals surface area contributed by atoms with Crippen LogP contribution in [0.4, 0.5) is 4.39 Å². The van der Waals surface area contributed by atoms with Crippen molar-refractivity contribution in [2.45, 2.75) is 13.3 Å². The average Bonchev–Trinajstić information content (AvgIpc) is 2.23. The number of benzene rings is 1. The maximum Gasteiger partial charge on any atom is 0.237 e. The van der Waals surface area contributed by atoms with Gasteiger partial charge in [-0.15, -0.1) is 0 Å². The summed E-state index contributed by atoms with van der Waals surface area (Å²) < 4.78 is 18.1. The molecule has 0 spiro atoms. The van der Waals surface area contributed by atoms with Crippen LogP contribution in [-0.2, 0) is 4.79 Å². The molecule has 1 aromatic carbocycles. The standard InChI is InChI=1S/C10H13FN2O2/c1-7-6-8(2-3-9(7)11)15-5-4-10(14)13-12/h2-3,6H,4-5,12H2,1H3,(H,13,14). The number of halogens is 1. The summed E-state index contributed by atoms with van der Waals surface area (Å²) in [4.78, 5) is 10.7. The van der Waals surface area contributed by atoms with Gasteiger partial charge in [-0.05, 0) is 30.7 Å². The number of aryl methyl sites for hydroxylation is 1. The summed E-state index contributed by atoms with van der Waals surface area (Å²) in [6, 6.07) is 4.42. The molecule has 4 nitrogen and oxygen atoms in total. The topological polar surface area (TPSA) is 64.3 Å². The number of hydrogen-bond donors (Lipinski definition) is 2. The maximum absolute atomic E-state index is 12.9. The number of nitrogens with two attached hydrogens (primary N) is 1. The van der Waals surface area contributed by atoms with Crippen LogP contribution in [0.5, 0.6) is 5.75 Å². The normalized spacial score (nSPS) is 9.80. The van der Waals surface area contributed by atoms with Gasteiger partial charge in [0, 0.05) is 0 Å². The number of amides is 1. The third kappa shape index (κ3) is 3.55. The lowest BCUT2D eigenvalue weighted by atomic mass is 10.2. The number of carbonyl (C=O) groups is 1. The first-order valence-electron chi connectivity index (χ1n) is 4.52. The van der Waals surface area contributed by atoms with Gasteiger partial charge in [-0.25, -0.2) is 10.2 Å². The van der Waals surface area contributed by atoms with Crippen molar-refractivity contribution < 1.29 is 13.9 Å². The molecule has 1 amide bonds. The van der Waals surface area contributed by atoms with Crippen LogP contribution in [0.15, 0.2) is 18.2 Å². The Labute approximate surface area is 87.2 Å². The largest absolute Gasteiger partial charge is 0.493 e. The van der Waals surface area contributed by atoms with Crippen LogP contribution in [0.3, 0.4) is 0 Å². The second-order valence-electron chi connectivity index (χ2n) is 3.08. The molecule has 0 bridgehead atoms. The minimum absolute atomic E-state index is 0.174. The summed E-state index contributed by atoms with van der Waals surface area (Å²) >= 11 is 0. The van der Waals surface area contributed by atoms with Gasteiger partial charge in [0.1, 0.15) is 11.6 Å². The van der Waals surface area contributed by atoms with Crippen molar-refractivity contribution in [1.29, 1.82) is 0 Å². The van der Waals surface area contributed by atoms with E-state index in [0.29, 0.717) is 11.3 Å². The molecule has 0 aromatic heterocycles. The summed E-state index contributed by atoms with van der Waals surface area (Å²) in [5.41, 5.74) is 2.50. The SMILES string of the molecule is Cc1cc(OCCC(=O)NN)ccc1F. The third-order valence-electron chi connectivity index (χ3n) is 1.89.